The van der Waals surface area contributed by atoms with Gasteiger partial charge in [-0.2, -0.15) is 0 Å². The van der Waals surface area contributed by atoms with Crippen molar-refractivity contribution in [1.29, 1.82) is 0 Å². The van der Waals surface area contributed by atoms with E-state index in [0.717, 1.165) is 29.7 Å². The summed E-state index contributed by atoms with van der Waals surface area (Å²) >= 11 is 0. The average Bonchev–Trinajstić information content (AvgIpc) is 2.37. The maximum Gasteiger partial charge on any atom is 0.123 e. The number of aromatic hydroxyl groups is 1. The predicted octanol–water partition coefficient (Wildman–Crippen LogP) is 4.16. The molecule has 0 fully saturated rings. The number of phenols is 1. The van der Waals surface area contributed by atoms with Crippen molar-refractivity contribution in [3.05, 3.63) is 48.0 Å². The van der Waals surface area contributed by atoms with Gasteiger partial charge < -0.3 is 9.84 Å². The van der Waals surface area contributed by atoms with E-state index < -0.39 is 0 Å². The van der Waals surface area contributed by atoms with Crippen molar-refractivity contribution in [3.8, 4) is 22.6 Å². The Balaban J connectivity index is 2.05. The van der Waals surface area contributed by atoms with Crippen LogP contribution in [0.1, 0.15) is 25.8 Å². The molecule has 0 radical (unpaired) electrons. The zero-order chi connectivity index (χ0) is 13.5. The number of fused-ring (bicyclic) bond motifs is 1. The summed E-state index contributed by atoms with van der Waals surface area (Å²) in [5.41, 5.74) is 2.98. The Labute approximate surface area is 113 Å². The van der Waals surface area contributed by atoms with Gasteiger partial charge in [0, 0.05) is 5.56 Å². The van der Waals surface area contributed by atoms with Crippen LogP contribution in [0.25, 0.3) is 11.1 Å². The van der Waals surface area contributed by atoms with Gasteiger partial charge in [-0.25, -0.2) is 0 Å². The zero-order valence-electron chi connectivity index (χ0n) is 11.3. The molecule has 2 aromatic rings. The summed E-state index contributed by atoms with van der Waals surface area (Å²) < 4.78 is 6.04. The van der Waals surface area contributed by atoms with Crippen molar-refractivity contribution >= 4 is 0 Å². The molecule has 2 nitrogen and oxygen atoms in total. The summed E-state index contributed by atoms with van der Waals surface area (Å²) in [6, 6.07) is 13.6. The van der Waals surface area contributed by atoms with Crippen LogP contribution in [0.15, 0.2) is 42.5 Å². The van der Waals surface area contributed by atoms with E-state index in [4.69, 9.17) is 4.74 Å². The van der Waals surface area contributed by atoms with Gasteiger partial charge in [-0.05, 0) is 49.9 Å². The molecule has 1 aliphatic heterocycles. The minimum atomic E-state index is -0.107. The van der Waals surface area contributed by atoms with Gasteiger partial charge in [0.2, 0.25) is 0 Å². The van der Waals surface area contributed by atoms with Crippen LogP contribution in [-0.4, -0.2) is 10.7 Å². The van der Waals surface area contributed by atoms with Gasteiger partial charge in [-0.15, -0.1) is 0 Å². The second-order valence-corrected chi connectivity index (χ2v) is 5.70. The second-order valence-electron chi connectivity index (χ2n) is 5.70. The number of para-hydroxylation sites is 1. The third-order valence-corrected chi connectivity index (χ3v) is 3.66. The van der Waals surface area contributed by atoms with Crippen molar-refractivity contribution < 1.29 is 9.84 Å². The first-order valence-corrected chi connectivity index (χ1v) is 6.65. The highest BCUT2D eigenvalue weighted by Gasteiger charge is 2.26. The van der Waals surface area contributed by atoms with Crippen LogP contribution < -0.4 is 4.74 Å². The van der Waals surface area contributed by atoms with Crippen LogP contribution in [0.5, 0.6) is 11.5 Å². The molecule has 0 amide bonds. The maximum atomic E-state index is 9.93. The molecule has 0 unspecified atom stereocenters. The summed E-state index contributed by atoms with van der Waals surface area (Å²) in [5.74, 6) is 1.24. The molecule has 0 aliphatic carbocycles. The number of ether oxygens (including phenoxy) is 1. The molecule has 0 saturated heterocycles. The summed E-state index contributed by atoms with van der Waals surface area (Å²) in [6.45, 7) is 4.23. The van der Waals surface area contributed by atoms with Gasteiger partial charge in [-0.3, -0.25) is 0 Å². The van der Waals surface area contributed by atoms with E-state index in [1.807, 2.05) is 24.3 Å². The Hall–Kier alpha value is -1.96. The van der Waals surface area contributed by atoms with E-state index in [1.165, 1.54) is 5.56 Å². The van der Waals surface area contributed by atoms with Crippen LogP contribution in [0.4, 0.5) is 0 Å². The molecule has 0 atom stereocenters. The second kappa shape index (κ2) is 4.30. The first-order chi connectivity index (χ1) is 9.05. The number of benzene rings is 2. The molecular formula is C17H18O2. The molecule has 98 valence electrons. The Morgan fingerprint density at radius 1 is 1.11 bits per heavy atom. The molecule has 1 aliphatic rings. The van der Waals surface area contributed by atoms with Gasteiger partial charge in [0.25, 0.3) is 0 Å². The van der Waals surface area contributed by atoms with E-state index >= 15 is 0 Å². The molecular weight excluding hydrogens is 236 g/mol. The molecule has 3 rings (SSSR count). The quantitative estimate of drug-likeness (QED) is 0.828. The van der Waals surface area contributed by atoms with Gasteiger partial charge in [0.05, 0.1) is 0 Å². The SMILES string of the molecule is CC1(C)CCc2ccc(-c3ccccc3O)cc2O1. The third kappa shape index (κ3) is 2.30. The van der Waals surface area contributed by atoms with Gasteiger partial charge in [-0.1, -0.05) is 30.3 Å². The fraction of sp³-hybridized carbons (Fsp3) is 0.294. The topological polar surface area (TPSA) is 29.5 Å². The Kier molecular flexibility index (Phi) is 2.74. The summed E-state index contributed by atoms with van der Waals surface area (Å²) in [6.07, 6.45) is 2.08. The Bertz CT molecular complexity index is 614. The number of hydrogen-bond donors (Lipinski definition) is 1. The van der Waals surface area contributed by atoms with Crippen molar-refractivity contribution in [2.45, 2.75) is 32.3 Å². The van der Waals surface area contributed by atoms with E-state index in [-0.39, 0.29) is 5.60 Å². The normalized spacial score (nSPS) is 16.5. The highest BCUT2D eigenvalue weighted by atomic mass is 16.5. The number of hydrogen-bond acceptors (Lipinski definition) is 2. The first kappa shape index (κ1) is 12.1. The maximum absolute atomic E-state index is 9.93. The summed E-state index contributed by atoms with van der Waals surface area (Å²) in [7, 11) is 0. The highest BCUT2D eigenvalue weighted by molar-refractivity contribution is 5.71. The zero-order valence-corrected chi connectivity index (χ0v) is 11.3. The highest BCUT2D eigenvalue weighted by Crippen LogP contribution is 2.37. The number of aryl methyl sites for hydroxylation is 1. The molecule has 2 aromatic carbocycles. The van der Waals surface area contributed by atoms with Crippen LogP contribution in [0, 0.1) is 0 Å². The standard InChI is InChI=1S/C17H18O2/c1-17(2)10-9-12-7-8-13(11-16(12)19-17)14-5-3-4-6-15(14)18/h3-8,11,18H,9-10H2,1-2H3. The van der Waals surface area contributed by atoms with Gasteiger partial charge in [0.15, 0.2) is 0 Å². The van der Waals surface area contributed by atoms with Crippen LogP contribution in [0.3, 0.4) is 0 Å². The monoisotopic (exact) mass is 254 g/mol. The minimum absolute atomic E-state index is 0.107. The fourth-order valence-corrected chi connectivity index (χ4v) is 2.53. The van der Waals surface area contributed by atoms with Gasteiger partial charge >= 0.3 is 0 Å². The lowest BCUT2D eigenvalue weighted by molar-refractivity contribution is 0.0848. The third-order valence-electron chi connectivity index (χ3n) is 3.66. The minimum Gasteiger partial charge on any atom is -0.507 e. The van der Waals surface area contributed by atoms with Crippen molar-refractivity contribution in [1.82, 2.24) is 0 Å². The molecule has 1 heterocycles. The van der Waals surface area contributed by atoms with Crippen LogP contribution >= 0.6 is 0 Å². The van der Waals surface area contributed by atoms with Crippen molar-refractivity contribution in [3.63, 3.8) is 0 Å². The molecule has 0 aromatic heterocycles. The summed E-state index contributed by atoms with van der Waals surface area (Å²) in [5, 5.41) is 9.93. The predicted molar refractivity (Wildman–Crippen MR) is 76.6 cm³/mol. The molecule has 0 bridgehead atoms. The van der Waals surface area contributed by atoms with Crippen LogP contribution in [-0.2, 0) is 6.42 Å². The molecule has 1 N–H and O–H groups in total. The first-order valence-electron chi connectivity index (χ1n) is 6.65. The Morgan fingerprint density at radius 3 is 2.68 bits per heavy atom. The lowest BCUT2D eigenvalue weighted by Gasteiger charge is -2.32. The molecule has 19 heavy (non-hydrogen) atoms. The number of rotatable bonds is 1. The molecule has 0 saturated carbocycles. The summed E-state index contributed by atoms with van der Waals surface area (Å²) in [4.78, 5) is 0. The van der Waals surface area contributed by atoms with E-state index in [0.29, 0.717) is 5.75 Å². The van der Waals surface area contributed by atoms with E-state index in [9.17, 15) is 5.11 Å². The van der Waals surface area contributed by atoms with E-state index in [2.05, 4.69) is 26.0 Å². The number of phenolic OH excluding ortho intramolecular Hbond substituents is 1. The average molecular weight is 254 g/mol. The fourth-order valence-electron chi connectivity index (χ4n) is 2.53. The largest absolute Gasteiger partial charge is 0.507 e. The lowest BCUT2D eigenvalue weighted by atomic mass is 9.92. The van der Waals surface area contributed by atoms with Crippen molar-refractivity contribution in [2.24, 2.45) is 0 Å². The molecule has 0 spiro atoms. The van der Waals surface area contributed by atoms with Gasteiger partial charge in [0.1, 0.15) is 17.1 Å². The molecule has 2 heteroatoms. The van der Waals surface area contributed by atoms with Crippen molar-refractivity contribution in [2.75, 3.05) is 0 Å². The van der Waals surface area contributed by atoms with Crippen LogP contribution in [0.2, 0.25) is 0 Å². The lowest BCUT2D eigenvalue weighted by Crippen LogP contribution is -2.32. The van der Waals surface area contributed by atoms with E-state index in [1.54, 1.807) is 6.07 Å². The Morgan fingerprint density at radius 2 is 1.89 bits per heavy atom. The smallest absolute Gasteiger partial charge is 0.123 e.